The fourth-order valence-corrected chi connectivity index (χ4v) is 5.79. The summed E-state index contributed by atoms with van der Waals surface area (Å²) in [6.45, 7) is 4.97. The van der Waals surface area contributed by atoms with Gasteiger partial charge in [0.1, 0.15) is 0 Å². The number of fused-ring (bicyclic) bond motifs is 2. The van der Waals surface area contributed by atoms with Crippen LogP contribution in [-0.4, -0.2) is 77.8 Å². The number of ketones is 1. The Morgan fingerprint density at radius 1 is 1.14 bits per heavy atom. The van der Waals surface area contributed by atoms with Crippen molar-refractivity contribution in [3.05, 3.63) is 44.7 Å². The van der Waals surface area contributed by atoms with E-state index in [1.165, 1.54) is 0 Å². The molecule has 0 unspecified atom stereocenters. The van der Waals surface area contributed by atoms with Crippen LogP contribution >= 0.6 is 23.2 Å². The number of benzene rings is 1. The maximum absolute atomic E-state index is 13.1. The number of amides is 1. The molecular formula is C25H32Cl2N3O3S2Tc. The zero-order valence-corrected chi connectivity index (χ0v) is 25.4. The second-order valence-corrected chi connectivity index (χ2v) is 10.4. The molecule has 0 saturated carbocycles. The third-order valence-electron chi connectivity index (χ3n) is 6.67. The van der Waals surface area contributed by atoms with Gasteiger partial charge in [0.15, 0.2) is 5.78 Å². The first-order valence-electron chi connectivity index (χ1n) is 12.1. The van der Waals surface area contributed by atoms with Crippen LogP contribution in [0.3, 0.4) is 0 Å². The van der Waals surface area contributed by atoms with Crippen molar-refractivity contribution in [2.75, 3.05) is 44.2 Å². The minimum absolute atomic E-state index is 0.128. The predicted molar refractivity (Wildman–Crippen MR) is 146 cm³/mol. The van der Waals surface area contributed by atoms with Gasteiger partial charge in [0, 0.05) is 37.2 Å². The summed E-state index contributed by atoms with van der Waals surface area (Å²) in [5.74, 6) is 1.12. The van der Waals surface area contributed by atoms with Gasteiger partial charge in [-0.2, -0.15) is 18.1 Å². The number of hydrogen-bond acceptors (Lipinski definition) is 7. The van der Waals surface area contributed by atoms with E-state index in [9.17, 15) is 9.59 Å². The summed E-state index contributed by atoms with van der Waals surface area (Å²) in [5.41, 5.74) is 3.06. The molecule has 2 aliphatic heterocycles. The molecule has 0 spiro atoms. The van der Waals surface area contributed by atoms with E-state index in [0.29, 0.717) is 53.6 Å². The average molecular weight is 656 g/mol. The standard InChI is InChI=1S/C25H35Cl2N3O2S2.O.Tc/c1-2-23(31)25-19(17-4-6-20(26)21(27)14-17)15-18-5-7-22(25)30(18)10-3-9-29(11-13-34)16-24(32)28-8-12-33;;/h4,6,14,18,22H,2-3,5,7-13,15-16H2,1H3,(H3,28,32,33,34);;/q;;+3/p-3/t18-,22+;;/m0../s1/i;;1+1. The Morgan fingerprint density at radius 2 is 1.89 bits per heavy atom. The zero-order chi connectivity index (χ0) is 26.7. The van der Waals surface area contributed by atoms with Crippen molar-refractivity contribution in [3.63, 3.8) is 0 Å². The number of carbonyl (C=O) groups excluding carboxylic acids is 2. The van der Waals surface area contributed by atoms with Crippen LogP contribution in [0.4, 0.5) is 0 Å². The summed E-state index contributed by atoms with van der Waals surface area (Å²) in [6.07, 6.45) is 4.29. The Kier molecular flexibility index (Phi) is 14.8. The van der Waals surface area contributed by atoms with Gasteiger partial charge in [0.2, 0.25) is 0 Å². The average Bonchev–Trinajstić information content (AvgIpc) is 3.15. The topological polar surface area (TPSA) is 71.8 Å². The molecule has 198 valence electrons. The number of rotatable bonds is 13. The fraction of sp³-hybridized carbons (Fsp3) is 0.600. The summed E-state index contributed by atoms with van der Waals surface area (Å²) in [5, 5.41) is 5.03. The van der Waals surface area contributed by atoms with Crippen molar-refractivity contribution >= 4 is 65.7 Å². The first-order chi connectivity index (χ1) is 17.4. The summed E-state index contributed by atoms with van der Waals surface area (Å²) < 4.78 is 8.22. The third kappa shape index (κ3) is 8.63. The maximum atomic E-state index is 13.1. The molecule has 2 heterocycles. The van der Waals surface area contributed by atoms with Gasteiger partial charge in [-0.25, -0.2) is 0 Å². The number of nitrogens with zero attached hydrogens (tertiary/aromatic N) is 3. The molecule has 2 atom stereocenters. The second-order valence-electron chi connectivity index (χ2n) is 8.80. The van der Waals surface area contributed by atoms with E-state index in [0.717, 1.165) is 74.3 Å². The van der Waals surface area contributed by atoms with Gasteiger partial charge in [-0.15, -0.1) is 0 Å². The molecule has 1 aromatic rings. The molecule has 36 heavy (non-hydrogen) atoms. The fourth-order valence-electron chi connectivity index (χ4n) is 5.14. The quantitative estimate of drug-likeness (QED) is 0.289. The number of carbonyl (C=O) groups is 2. The monoisotopic (exact) mass is 655 g/mol. The van der Waals surface area contributed by atoms with Crippen molar-refractivity contribution in [1.29, 1.82) is 0 Å². The van der Waals surface area contributed by atoms with Crippen LogP contribution < -0.4 is 0 Å². The Balaban J connectivity index is 0.00000222. The molecule has 2 aliphatic rings. The van der Waals surface area contributed by atoms with Gasteiger partial charge in [-0.3, -0.25) is 14.6 Å². The first-order valence-corrected chi connectivity index (χ1v) is 14.8. The summed E-state index contributed by atoms with van der Waals surface area (Å²) in [6, 6.07) is 6.20. The Labute approximate surface area is 246 Å². The molecule has 11 heteroatoms. The Morgan fingerprint density at radius 3 is 2.53 bits per heavy atom. The van der Waals surface area contributed by atoms with Gasteiger partial charge in [-0.05, 0) is 62.0 Å². The van der Waals surface area contributed by atoms with E-state index in [-0.39, 0.29) is 17.7 Å². The van der Waals surface area contributed by atoms with Gasteiger partial charge < -0.3 is 35.4 Å². The van der Waals surface area contributed by atoms with Gasteiger partial charge in [0.25, 0.3) is 0 Å². The van der Waals surface area contributed by atoms with Gasteiger partial charge in [0.05, 0.1) is 16.0 Å². The molecule has 3 rings (SSSR count). The second kappa shape index (κ2) is 16.7. The Hall–Kier alpha value is -0.251. The summed E-state index contributed by atoms with van der Waals surface area (Å²) >= 11 is 23.4. The first kappa shape index (κ1) is 32.0. The van der Waals surface area contributed by atoms with Crippen molar-refractivity contribution in [3.8, 4) is 0 Å². The van der Waals surface area contributed by atoms with E-state index in [1.807, 2.05) is 25.1 Å². The molecule has 6 nitrogen and oxygen atoms in total. The molecular weight excluding hydrogens is 624 g/mol. The summed E-state index contributed by atoms with van der Waals surface area (Å²) in [7, 11) is 0. The van der Waals surface area contributed by atoms with Crippen molar-refractivity contribution in [1.82, 2.24) is 9.80 Å². The van der Waals surface area contributed by atoms with Gasteiger partial charge in [-0.1, -0.05) is 36.2 Å². The molecule has 2 bridgehead atoms. The Bertz CT molecular complexity index is 938. The van der Waals surface area contributed by atoms with Gasteiger partial charge >= 0.3 is 22.4 Å². The molecule has 0 radical (unpaired) electrons. The van der Waals surface area contributed by atoms with Crippen LogP contribution in [0.1, 0.15) is 44.6 Å². The predicted octanol–water partition coefficient (Wildman–Crippen LogP) is 4.53. The number of Topliss-reactive ketones (excluding diaryl/α,β-unsaturated/α-hetero) is 1. The number of halogens is 2. The van der Waals surface area contributed by atoms with E-state index < -0.39 is 0 Å². The third-order valence-corrected chi connectivity index (χ3v) is 7.77. The van der Waals surface area contributed by atoms with Crippen molar-refractivity contribution in [2.45, 2.75) is 51.1 Å². The van der Waals surface area contributed by atoms with E-state index >= 15 is 0 Å². The van der Waals surface area contributed by atoms with Crippen LogP contribution in [0, 0.1) is 0 Å². The van der Waals surface area contributed by atoms with Crippen molar-refractivity contribution < 1.29 is 31.9 Å². The zero-order valence-electron chi connectivity index (χ0n) is 20.4. The molecule has 0 aliphatic carbocycles. The molecule has 1 saturated heterocycles. The molecule has 0 aromatic heterocycles. The van der Waals surface area contributed by atoms with Crippen LogP contribution in [0.5, 0.6) is 0 Å². The minimum atomic E-state index is -0.128. The summed E-state index contributed by atoms with van der Waals surface area (Å²) in [4.78, 5) is 29.8. The SMILES string of the molecule is CCC(=O)C1=C(c2ccc(Cl)c(Cl)c2)C[C@@H]2CC[C@H]1N2CCCN(CC[S-])CC(=O)[N-]CC[S-].[O]=[99Tc+3]. The van der Waals surface area contributed by atoms with E-state index in [1.54, 1.807) is 0 Å². The molecule has 1 amide bonds. The molecule has 1 fully saturated rings. The molecule has 0 N–H and O–H groups in total. The van der Waals surface area contributed by atoms with E-state index in [4.69, 9.17) is 52.0 Å². The van der Waals surface area contributed by atoms with Crippen LogP contribution in [0.2, 0.25) is 10.0 Å². The van der Waals surface area contributed by atoms with Crippen molar-refractivity contribution in [2.24, 2.45) is 0 Å². The van der Waals surface area contributed by atoms with E-state index in [2.05, 4.69) is 15.1 Å². The van der Waals surface area contributed by atoms with Crippen LogP contribution in [0.15, 0.2) is 23.8 Å². The van der Waals surface area contributed by atoms with Crippen LogP contribution in [-0.2, 0) is 57.2 Å². The number of hydrogen-bond donors (Lipinski definition) is 0. The van der Waals surface area contributed by atoms with Crippen LogP contribution in [0.25, 0.3) is 10.9 Å². The normalized spacial score (nSPS) is 19.2. The molecule has 1 aromatic carbocycles.